The summed E-state index contributed by atoms with van der Waals surface area (Å²) in [6.07, 6.45) is 3.63. The van der Waals surface area contributed by atoms with Crippen LogP contribution in [0.25, 0.3) is 11.5 Å². The van der Waals surface area contributed by atoms with Crippen molar-refractivity contribution in [3.05, 3.63) is 66.2 Å². The Bertz CT molecular complexity index is 953. The van der Waals surface area contributed by atoms with Crippen molar-refractivity contribution < 1.29 is 4.42 Å². The molecular formula is C20H16N4O. The topological polar surface area (TPSA) is 86.0 Å². The van der Waals surface area contributed by atoms with Gasteiger partial charge < -0.3 is 4.42 Å². The lowest BCUT2D eigenvalue weighted by molar-refractivity contribution is 0.456. The van der Waals surface area contributed by atoms with Gasteiger partial charge in [-0.25, -0.2) is 4.98 Å². The molecule has 1 heterocycles. The van der Waals surface area contributed by atoms with Gasteiger partial charge in [-0.15, -0.1) is 0 Å². The number of hydrogen-bond donors (Lipinski definition) is 0. The molecule has 25 heavy (non-hydrogen) atoms. The normalized spacial score (nSPS) is 16.4. The third-order valence-electron chi connectivity index (χ3n) is 4.24. The third-order valence-corrected chi connectivity index (χ3v) is 4.24. The van der Waals surface area contributed by atoms with Gasteiger partial charge >= 0.3 is 0 Å². The molecule has 5 heteroatoms. The van der Waals surface area contributed by atoms with Gasteiger partial charge in [-0.1, -0.05) is 19.2 Å². The number of allylic oxidation sites excluding steroid dienone is 1. The fourth-order valence-electron chi connectivity index (χ4n) is 3.04. The number of fused-ring (bicyclic) bond motifs is 1. The highest BCUT2D eigenvalue weighted by molar-refractivity contribution is 6.05. The van der Waals surface area contributed by atoms with E-state index in [2.05, 4.69) is 35.3 Å². The zero-order valence-electron chi connectivity index (χ0n) is 13.7. The van der Waals surface area contributed by atoms with Crippen molar-refractivity contribution in [1.82, 2.24) is 4.98 Å². The summed E-state index contributed by atoms with van der Waals surface area (Å²) in [4.78, 5) is 8.82. The minimum atomic E-state index is 0.0592. The molecule has 0 fully saturated rings. The maximum absolute atomic E-state index is 9.13. The van der Waals surface area contributed by atoms with E-state index in [1.807, 2.05) is 12.1 Å². The number of hydrogen-bond acceptors (Lipinski definition) is 5. The number of benzene rings is 1. The lowest BCUT2D eigenvalue weighted by atomic mass is 9.84. The Balaban J connectivity index is 1.90. The molecule has 0 spiro atoms. The van der Waals surface area contributed by atoms with Crippen LogP contribution in [0.15, 0.2) is 58.6 Å². The van der Waals surface area contributed by atoms with E-state index in [4.69, 9.17) is 14.9 Å². The SMILES string of the molecule is C=CN=C(C(=C)C#N)C1CCc2nc(-c3cccc(C#N)c3)oc2C1. The Kier molecular flexibility index (Phi) is 4.59. The molecule has 1 aromatic heterocycles. The Morgan fingerprint density at radius 2 is 2.24 bits per heavy atom. The zero-order valence-corrected chi connectivity index (χ0v) is 13.7. The van der Waals surface area contributed by atoms with Crippen LogP contribution in [0.2, 0.25) is 0 Å². The summed E-state index contributed by atoms with van der Waals surface area (Å²) in [5, 5.41) is 18.2. The van der Waals surface area contributed by atoms with Gasteiger partial charge in [-0.05, 0) is 31.0 Å². The molecular weight excluding hydrogens is 312 g/mol. The van der Waals surface area contributed by atoms with Gasteiger partial charge in [0.05, 0.1) is 28.6 Å². The Hall–Kier alpha value is -3.44. The molecule has 1 aromatic carbocycles. The molecule has 0 bridgehead atoms. The molecule has 1 aliphatic carbocycles. The second kappa shape index (κ2) is 6.98. The van der Waals surface area contributed by atoms with Crippen molar-refractivity contribution in [2.45, 2.75) is 19.3 Å². The fourth-order valence-corrected chi connectivity index (χ4v) is 3.04. The molecule has 0 N–H and O–H groups in total. The Morgan fingerprint density at radius 3 is 2.96 bits per heavy atom. The summed E-state index contributed by atoms with van der Waals surface area (Å²) < 4.78 is 5.95. The van der Waals surface area contributed by atoms with Gasteiger partial charge in [-0.3, -0.25) is 4.99 Å². The van der Waals surface area contributed by atoms with Crippen LogP contribution in [0.5, 0.6) is 0 Å². The van der Waals surface area contributed by atoms with Crippen LogP contribution in [0.1, 0.15) is 23.4 Å². The predicted octanol–water partition coefficient (Wildman–Crippen LogP) is 3.98. The summed E-state index contributed by atoms with van der Waals surface area (Å²) >= 11 is 0. The third kappa shape index (κ3) is 3.27. The summed E-state index contributed by atoms with van der Waals surface area (Å²) in [6.45, 7) is 7.39. The first-order valence-electron chi connectivity index (χ1n) is 7.93. The quantitative estimate of drug-likeness (QED) is 0.627. The highest BCUT2D eigenvalue weighted by atomic mass is 16.4. The van der Waals surface area contributed by atoms with Crippen molar-refractivity contribution in [1.29, 1.82) is 10.5 Å². The first kappa shape index (κ1) is 16.4. The molecule has 5 nitrogen and oxygen atoms in total. The summed E-state index contributed by atoms with van der Waals surface area (Å²) in [5.41, 5.74) is 3.29. The van der Waals surface area contributed by atoms with Gasteiger partial charge in [0.25, 0.3) is 0 Å². The largest absolute Gasteiger partial charge is 0.441 e. The molecule has 0 saturated heterocycles. The van der Waals surface area contributed by atoms with Crippen molar-refractivity contribution in [2.24, 2.45) is 10.9 Å². The predicted molar refractivity (Wildman–Crippen MR) is 94.6 cm³/mol. The Labute approximate surface area is 146 Å². The van der Waals surface area contributed by atoms with Gasteiger partial charge in [0, 0.05) is 24.1 Å². The lowest BCUT2D eigenvalue weighted by Gasteiger charge is -2.21. The van der Waals surface area contributed by atoms with Crippen molar-refractivity contribution in [3.8, 4) is 23.6 Å². The molecule has 3 rings (SSSR count). The highest BCUT2D eigenvalue weighted by Gasteiger charge is 2.28. The number of nitrogens with zero attached hydrogens (tertiary/aromatic N) is 4. The van der Waals surface area contributed by atoms with E-state index in [1.54, 1.807) is 12.1 Å². The van der Waals surface area contributed by atoms with Gasteiger partial charge in [0.1, 0.15) is 11.8 Å². The highest BCUT2D eigenvalue weighted by Crippen LogP contribution is 2.32. The van der Waals surface area contributed by atoms with Crippen LogP contribution < -0.4 is 0 Å². The Morgan fingerprint density at radius 1 is 1.40 bits per heavy atom. The van der Waals surface area contributed by atoms with Crippen molar-refractivity contribution in [2.75, 3.05) is 0 Å². The summed E-state index contributed by atoms with van der Waals surface area (Å²) in [6, 6.07) is 11.4. The smallest absolute Gasteiger partial charge is 0.226 e. The molecule has 2 aromatic rings. The van der Waals surface area contributed by atoms with Crippen molar-refractivity contribution in [3.63, 3.8) is 0 Å². The maximum atomic E-state index is 9.13. The number of aliphatic imine (C=N–C) groups is 1. The monoisotopic (exact) mass is 328 g/mol. The van der Waals surface area contributed by atoms with Crippen LogP contribution in [0.3, 0.4) is 0 Å². The van der Waals surface area contributed by atoms with E-state index in [9.17, 15) is 0 Å². The van der Waals surface area contributed by atoms with Crippen molar-refractivity contribution >= 4 is 5.71 Å². The van der Waals surface area contributed by atoms with E-state index >= 15 is 0 Å². The summed E-state index contributed by atoms with van der Waals surface area (Å²) in [5.74, 6) is 1.38. The van der Waals surface area contributed by atoms with Gasteiger partial charge in [0.2, 0.25) is 5.89 Å². The number of aryl methyl sites for hydroxylation is 1. The maximum Gasteiger partial charge on any atom is 0.226 e. The molecule has 1 aliphatic rings. The molecule has 0 saturated carbocycles. The number of rotatable bonds is 4. The van der Waals surface area contributed by atoms with E-state index < -0.39 is 0 Å². The van der Waals surface area contributed by atoms with E-state index in [-0.39, 0.29) is 5.92 Å². The van der Waals surface area contributed by atoms with E-state index in [0.717, 1.165) is 29.9 Å². The molecule has 1 atom stereocenters. The molecule has 1 unspecified atom stereocenters. The minimum Gasteiger partial charge on any atom is -0.441 e. The van der Waals surface area contributed by atoms with Crippen LogP contribution >= 0.6 is 0 Å². The minimum absolute atomic E-state index is 0.0592. The number of oxazole rings is 1. The lowest BCUT2D eigenvalue weighted by Crippen LogP contribution is -2.23. The average molecular weight is 328 g/mol. The second-order valence-corrected chi connectivity index (χ2v) is 5.81. The van der Waals surface area contributed by atoms with Gasteiger partial charge in [-0.2, -0.15) is 10.5 Å². The molecule has 122 valence electrons. The average Bonchev–Trinajstić information content (AvgIpc) is 3.08. The van der Waals surface area contributed by atoms with E-state index in [1.165, 1.54) is 6.20 Å². The zero-order chi connectivity index (χ0) is 17.8. The first-order valence-corrected chi connectivity index (χ1v) is 7.93. The second-order valence-electron chi connectivity index (χ2n) is 5.81. The van der Waals surface area contributed by atoms with Crippen LogP contribution in [-0.4, -0.2) is 10.7 Å². The first-order chi connectivity index (χ1) is 12.2. The number of aromatic nitrogens is 1. The van der Waals surface area contributed by atoms with Crippen LogP contribution in [-0.2, 0) is 12.8 Å². The van der Waals surface area contributed by atoms with Crippen LogP contribution in [0.4, 0.5) is 0 Å². The van der Waals surface area contributed by atoms with E-state index in [0.29, 0.717) is 29.2 Å². The molecule has 0 aliphatic heterocycles. The van der Waals surface area contributed by atoms with Crippen LogP contribution in [0, 0.1) is 28.6 Å². The van der Waals surface area contributed by atoms with Gasteiger partial charge in [0.15, 0.2) is 0 Å². The molecule has 0 radical (unpaired) electrons. The molecule has 0 amide bonds. The number of nitriles is 2. The fraction of sp³-hybridized carbons (Fsp3) is 0.200. The summed E-state index contributed by atoms with van der Waals surface area (Å²) in [7, 11) is 0. The standard InChI is InChI=1S/C20H16N4O/c1-3-23-19(13(2)11-21)15-7-8-17-18(10-15)25-20(24-17)16-6-4-5-14(9-16)12-22/h3-6,9,15H,1-2,7-8,10H2.